The van der Waals surface area contributed by atoms with E-state index in [1.807, 2.05) is 31.3 Å². The minimum absolute atomic E-state index is 0.0138. The van der Waals surface area contributed by atoms with E-state index in [1.165, 1.54) is 18.4 Å². The predicted octanol–water partition coefficient (Wildman–Crippen LogP) is 3.80. The highest BCUT2D eigenvalue weighted by Gasteiger charge is 2.19. The van der Waals surface area contributed by atoms with Crippen molar-refractivity contribution < 1.29 is 19.4 Å². The van der Waals surface area contributed by atoms with Crippen LogP contribution >= 0.6 is 0 Å². The average molecular weight is 421 g/mol. The van der Waals surface area contributed by atoms with E-state index < -0.39 is 5.97 Å². The number of esters is 1. The Hall–Kier alpha value is -3.09. The summed E-state index contributed by atoms with van der Waals surface area (Å²) >= 11 is 0. The number of anilines is 1. The van der Waals surface area contributed by atoms with Gasteiger partial charge in [-0.25, -0.2) is 4.79 Å². The molecule has 0 aromatic heterocycles. The highest BCUT2D eigenvalue weighted by Crippen LogP contribution is 2.33. The molecule has 162 valence electrons. The monoisotopic (exact) mass is 420 g/mol. The second-order valence-corrected chi connectivity index (χ2v) is 7.90. The molecule has 1 fully saturated rings. The summed E-state index contributed by atoms with van der Waals surface area (Å²) in [5, 5.41) is 12.7. The first-order valence-corrected chi connectivity index (χ1v) is 10.5. The Balaban J connectivity index is 1.53. The Morgan fingerprint density at radius 2 is 1.81 bits per heavy atom. The number of fused-ring (bicyclic) bond motifs is 1. The molecule has 0 radical (unpaired) electrons. The van der Waals surface area contributed by atoms with Gasteiger partial charge in [-0.05, 0) is 41.6 Å². The van der Waals surface area contributed by atoms with Crippen LogP contribution in [0.5, 0.6) is 5.75 Å². The molecule has 6 heteroatoms. The minimum atomic E-state index is -0.536. The van der Waals surface area contributed by atoms with Gasteiger partial charge in [-0.15, -0.1) is 0 Å². The lowest BCUT2D eigenvalue weighted by molar-refractivity contribution is 0.0597. The van der Waals surface area contributed by atoms with Crippen molar-refractivity contribution >= 4 is 22.4 Å². The first-order valence-electron chi connectivity index (χ1n) is 10.5. The zero-order valence-electron chi connectivity index (χ0n) is 18.0. The van der Waals surface area contributed by atoms with Gasteiger partial charge in [0.25, 0.3) is 0 Å². The number of morpholine rings is 1. The van der Waals surface area contributed by atoms with Crippen LogP contribution in [0.1, 0.15) is 21.5 Å². The number of ether oxygens (including phenoxy) is 2. The van der Waals surface area contributed by atoms with Crippen molar-refractivity contribution in [2.75, 3.05) is 45.4 Å². The SMILES string of the molecule is COC(=O)c1cc2ccccc2c(CN(C)Cc2ccc(N3CCOCC3)cc2)c1O. The molecular formula is C25H28N2O4. The molecule has 0 atom stereocenters. The zero-order valence-corrected chi connectivity index (χ0v) is 18.0. The number of phenolic OH excluding ortho intramolecular Hbond substituents is 1. The number of carbonyl (C=O) groups is 1. The molecule has 1 aliphatic rings. The lowest BCUT2D eigenvalue weighted by atomic mass is 9.98. The molecule has 4 rings (SSSR count). The standard InChI is InChI=1S/C25H28N2O4/c1-26(16-18-7-9-20(10-8-18)27-11-13-31-14-12-27)17-23-21-6-4-3-5-19(21)15-22(24(23)28)25(29)30-2/h3-10,15,28H,11-14,16-17H2,1-2H3. The second-order valence-electron chi connectivity index (χ2n) is 7.90. The summed E-state index contributed by atoms with van der Waals surface area (Å²) < 4.78 is 10.3. The van der Waals surface area contributed by atoms with Crippen molar-refractivity contribution in [2.24, 2.45) is 0 Å². The van der Waals surface area contributed by atoms with Crippen molar-refractivity contribution in [3.05, 3.63) is 71.3 Å². The number of phenols is 1. The number of carbonyl (C=O) groups excluding carboxylic acids is 1. The molecule has 0 amide bonds. The van der Waals surface area contributed by atoms with Gasteiger partial charge in [0.15, 0.2) is 0 Å². The minimum Gasteiger partial charge on any atom is -0.507 e. The summed E-state index contributed by atoms with van der Waals surface area (Å²) in [5.41, 5.74) is 3.32. The molecule has 0 unspecified atom stereocenters. The van der Waals surface area contributed by atoms with Gasteiger partial charge >= 0.3 is 5.97 Å². The van der Waals surface area contributed by atoms with Crippen LogP contribution in [0.4, 0.5) is 5.69 Å². The van der Waals surface area contributed by atoms with E-state index in [0.717, 1.165) is 49.2 Å². The summed E-state index contributed by atoms with van der Waals surface area (Å²) in [7, 11) is 3.33. The van der Waals surface area contributed by atoms with Crippen molar-refractivity contribution in [1.82, 2.24) is 4.90 Å². The smallest absolute Gasteiger partial charge is 0.341 e. The van der Waals surface area contributed by atoms with Gasteiger partial charge in [-0.2, -0.15) is 0 Å². The summed E-state index contributed by atoms with van der Waals surface area (Å²) in [5.74, 6) is -0.550. The van der Waals surface area contributed by atoms with Crippen LogP contribution < -0.4 is 4.90 Å². The normalized spacial score (nSPS) is 14.2. The van der Waals surface area contributed by atoms with Gasteiger partial charge < -0.3 is 19.5 Å². The number of rotatable bonds is 6. The van der Waals surface area contributed by atoms with Gasteiger partial charge in [0.05, 0.1) is 20.3 Å². The molecule has 0 bridgehead atoms. The molecule has 1 aliphatic heterocycles. The van der Waals surface area contributed by atoms with Crippen LogP contribution in [0.3, 0.4) is 0 Å². The van der Waals surface area contributed by atoms with Crippen molar-refractivity contribution in [1.29, 1.82) is 0 Å². The third kappa shape index (κ3) is 4.65. The van der Waals surface area contributed by atoms with Crippen LogP contribution in [0.25, 0.3) is 10.8 Å². The molecule has 1 heterocycles. The summed E-state index contributed by atoms with van der Waals surface area (Å²) in [6, 6.07) is 18.0. The van der Waals surface area contributed by atoms with Gasteiger partial charge in [-0.3, -0.25) is 4.90 Å². The highest BCUT2D eigenvalue weighted by molar-refractivity contribution is 6.00. The largest absolute Gasteiger partial charge is 0.507 e. The van der Waals surface area contributed by atoms with Gasteiger partial charge in [-0.1, -0.05) is 36.4 Å². The lowest BCUT2D eigenvalue weighted by Crippen LogP contribution is -2.36. The molecule has 0 spiro atoms. The Morgan fingerprint density at radius 3 is 2.52 bits per heavy atom. The lowest BCUT2D eigenvalue weighted by Gasteiger charge is -2.29. The molecule has 3 aromatic carbocycles. The van der Waals surface area contributed by atoms with Crippen LogP contribution in [0, 0.1) is 0 Å². The Bertz CT molecular complexity index is 1060. The number of methoxy groups -OCH3 is 1. The van der Waals surface area contributed by atoms with Crippen molar-refractivity contribution in [3.63, 3.8) is 0 Å². The Kier molecular flexibility index (Phi) is 6.39. The Labute approximate surface area is 182 Å². The van der Waals surface area contributed by atoms with E-state index >= 15 is 0 Å². The van der Waals surface area contributed by atoms with Crippen molar-refractivity contribution in [3.8, 4) is 5.75 Å². The maximum atomic E-state index is 12.2. The van der Waals surface area contributed by atoms with Gasteiger partial charge in [0.1, 0.15) is 11.3 Å². The highest BCUT2D eigenvalue weighted by atomic mass is 16.5. The molecule has 1 saturated heterocycles. The van der Waals surface area contributed by atoms with Crippen molar-refractivity contribution in [2.45, 2.75) is 13.1 Å². The fourth-order valence-corrected chi connectivity index (χ4v) is 4.11. The zero-order chi connectivity index (χ0) is 21.8. The fourth-order valence-electron chi connectivity index (χ4n) is 4.11. The van der Waals surface area contributed by atoms with Gasteiger partial charge in [0.2, 0.25) is 0 Å². The van der Waals surface area contributed by atoms with Crippen LogP contribution in [-0.4, -0.2) is 56.4 Å². The van der Waals surface area contributed by atoms with E-state index in [4.69, 9.17) is 9.47 Å². The molecule has 1 N–H and O–H groups in total. The third-order valence-corrected chi connectivity index (χ3v) is 5.73. The summed E-state index contributed by atoms with van der Waals surface area (Å²) in [6.45, 7) is 4.60. The number of aromatic hydroxyl groups is 1. The second kappa shape index (κ2) is 9.37. The average Bonchev–Trinajstić information content (AvgIpc) is 2.81. The van der Waals surface area contributed by atoms with E-state index in [0.29, 0.717) is 6.54 Å². The molecule has 6 nitrogen and oxygen atoms in total. The first-order chi connectivity index (χ1) is 15.1. The van der Waals surface area contributed by atoms with E-state index in [-0.39, 0.29) is 11.3 Å². The number of benzene rings is 3. The Morgan fingerprint density at radius 1 is 1.10 bits per heavy atom. The molecule has 0 aliphatic carbocycles. The fraction of sp³-hybridized carbons (Fsp3) is 0.320. The maximum Gasteiger partial charge on any atom is 0.341 e. The quantitative estimate of drug-likeness (QED) is 0.612. The summed E-state index contributed by atoms with van der Waals surface area (Å²) in [6.07, 6.45) is 0. The van der Waals surface area contributed by atoms with E-state index in [9.17, 15) is 9.90 Å². The molecule has 31 heavy (non-hydrogen) atoms. The van der Waals surface area contributed by atoms with E-state index in [1.54, 1.807) is 6.07 Å². The van der Waals surface area contributed by atoms with Crippen LogP contribution in [0.15, 0.2) is 54.6 Å². The summed E-state index contributed by atoms with van der Waals surface area (Å²) in [4.78, 5) is 16.6. The number of nitrogens with zero attached hydrogens (tertiary/aromatic N) is 2. The first kappa shape index (κ1) is 21.2. The third-order valence-electron chi connectivity index (χ3n) is 5.73. The molecule has 3 aromatic rings. The van der Waals surface area contributed by atoms with Crippen LogP contribution in [-0.2, 0) is 22.6 Å². The maximum absolute atomic E-state index is 12.2. The molecular weight excluding hydrogens is 392 g/mol. The topological polar surface area (TPSA) is 62.2 Å². The number of hydrogen-bond donors (Lipinski definition) is 1. The predicted molar refractivity (Wildman–Crippen MR) is 122 cm³/mol. The van der Waals surface area contributed by atoms with Crippen LogP contribution in [0.2, 0.25) is 0 Å². The van der Waals surface area contributed by atoms with Gasteiger partial charge in [0, 0.05) is 37.4 Å². The van der Waals surface area contributed by atoms with E-state index in [2.05, 4.69) is 34.1 Å². The molecule has 0 saturated carbocycles. The number of hydrogen-bond acceptors (Lipinski definition) is 6.